The summed E-state index contributed by atoms with van der Waals surface area (Å²) in [7, 11) is 0. The maximum absolute atomic E-state index is 12.2. The van der Waals surface area contributed by atoms with Crippen molar-refractivity contribution in [2.24, 2.45) is 5.92 Å². The van der Waals surface area contributed by atoms with Crippen LogP contribution in [0.15, 0.2) is 0 Å². The molecule has 2 atom stereocenters. The molecule has 18 heavy (non-hydrogen) atoms. The van der Waals surface area contributed by atoms with E-state index in [2.05, 4.69) is 23.8 Å². The number of carbonyl (C=O) groups excluding carboxylic acids is 1. The normalized spacial score (nSPS) is 29.2. The molecule has 2 unspecified atom stereocenters. The number of nitrogens with one attached hydrogen (secondary N) is 2. The van der Waals surface area contributed by atoms with Crippen LogP contribution in [-0.4, -0.2) is 49.3 Å². The molecule has 0 aromatic rings. The van der Waals surface area contributed by atoms with E-state index in [9.17, 15) is 4.79 Å². The zero-order valence-corrected chi connectivity index (χ0v) is 12.1. The minimum atomic E-state index is -0.0193. The van der Waals surface area contributed by atoms with Gasteiger partial charge in [-0.3, -0.25) is 4.79 Å². The van der Waals surface area contributed by atoms with Crippen LogP contribution in [0.4, 0.5) is 0 Å². The molecule has 1 amide bonds. The predicted molar refractivity (Wildman–Crippen MR) is 74.9 cm³/mol. The molecular formula is C13H24N2O2S. The number of hydrogen-bond donors (Lipinski definition) is 2. The lowest BCUT2D eigenvalue weighted by molar-refractivity contribution is -0.125. The van der Waals surface area contributed by atoms with E-state index in [-0.39, 0.29) is 17.9 Å². The third kappa shape index (κ3) is 3.39. The average Bonchev–Trinajstić information content (AvgIpc) is 3.03. The number of carbonyl (C=O) groups is 1. The molecule has 1 aliphatic heterocycles. The maximum Gasteiger partial charge on any atom is 0.227 e. The van der Waals surface area contributed by atoms with E-state index in [1.165, 1.54) is 12.8 Å². The van der Waals surface area contributed by atoms with Crippen molar-refractivity contribution in [3.63, 3.8) is 0 Å². The summed E-state index contributed by atoms with van der Waals surface area (Å²) in [4.78, 5) is 12.2. The Morgan fingerprint density at radius 2 is 2.22 bits per heavy atom. The monoisotopic (exact) mass is 272 g/mol. The zero-order valence-electron chi connectivity index (χ0n) is 11.3. The van der Waals surface area contributed by atoms with Gasteiger partial charge in [0.05, 0.1) is 19.1 Å². The van der Waals surface area contributed by atoms with Gasteiger partial charge >= 0.3 is 0 Å². The van der Waals surface area contributed by atoms with Crippen molar-refractivity contribution in [3.05, 3.63) is 0 Å². The minimum absolute atomic E-state index is 0.0193. The van der Waals surface area contributed by atoms with Crippen LogP contribution >= 0.6 is 11.8 Å². The molecule has 2 N–H and O–H groups in total. The minimum Gasteiger partial charge on any atom is -0.379 e. The van der Waals surface area contributed by atoms with E-state index >= 15 is 0 Å². The van der Waals surface area contributed by atoms with Crippen molar-refractivity contribution in [2.45, 2.75) is 37.0 Å². The third-order valence-electron chi connectivity index (χ3n) is 3.90. The largest absolute Gasteiger partial charge is 0.379 e. The molecule has 0 bridgehead atoms. The Morgan fingerprint density at radius 3 is 2.83 bits per heavy atom. The van der Waals surface area contributed by atoms with E-state index in [0.717, 1.165) is 19.5 Å². The molecule has 0 radical (unpaired) electrons. The fraction of sp³-hybridized carbons (Fsp3) is 0.923. The molecule has 104 valence electrons. The fourth-order valence-electron chi connectivity index (χ4n) is 2.32. The molecule has 0 spiro atoms. The van der Waals surface area contributed by atoms with E-state index in [4.69, 9.17) is 4.74 Å². The summed E-state index contributed by atoms with van der Waals surface area (Å²) in [5.41, 5.74) is 0. The highest BCUT2D eigenvalue weighted by atomic mass is 32.2. The average molecular weight is 272 g/mol. The fourth-order valence-corrected chi connectivity index (χ4v) is 3.04. The summed E-state index contributed by atoms with van der Waals surface area (Å²) in [6.45, 7) is 5.11. The second-order valence-corrected chi connectivity index (χ2v) is 6.58. The molecular weight excluding hydrogens is 248 g/mol. The van der Waals surface area contributed by atoms with Crippen LogP contribution in [0.3, 0.4) is 0 Å². The van der Waals surface area contributed by atoms with Crippen molar-refractivity contribution in [3.8, 4) is 0 Å². The van der Waals surface area contributed by atoms with Crippen LogP contribution in [0.1, 0.15) is 26.2 Å². The van der Waals surface area contributed by atoms with Gasteiger partial charge in [0.1, 0.15) is 0 Å². The molecule has 1 saturated carbocycles. The maximum atomic E-state index is 12.2. The molecule has 2 rings (SSSR count). The van der Waals surface area contributed by atoms with Gasteiger partial charge in [-0.15, -0.1) is 0 Å². The van der Waals surface area contributed by atoms with Gasteiger partial charge in [0, 0.05) is 17.3 Å². The quantitative estimate of drug-likeness (QED) is 0.726. The van der Waals surface area contributed by atoms with Crippen molar-refractivity contribution >= 4 is 17.7 Å². The number of rotatable bonds is 7. The molecule has 4 nitrogen and oxygen atoms in total. The summed E-state index contributed by atoms with van der Waals surface area (Å²) in [5.74, 6) is 0.135. The van der Waals surface area contributed by atoms with Gasteiger partial charge in [0.25, 0.3) is 0 Å². The molecule has 2 fully saturated rings. The van der Waals surface area contributed by atoms with Gasteiger partial charge < -0.3 is 15.4 Å². The predicted octanol–water partition coefficient (Wildman–Crippen LogP) is 1.01. The van der Waals surface area contributed by atoms with Gasteiger partial charge in [-0.05, 0) is 32.1 Å². The Morgan fingerprint density at radius 1 is 1.44 bits per heavy atom. The highest BCUT2D eigenvalue weighted by Crippen LogP contribution is 2.46. The van der Waals surface area contributed by atoms with E-state index in [1.807, 2.05) is 11.8 Å². The molecule has 5 heteroatoms. The van der Waals surface area contributed by atoms with Crippen LogP contribution in [0.25, 0.3) is 0 Å². The topological polar surface area (TPSA) is 50.4 Å². The van der Waals surface area contributed by atoms with Crippen LogP contribution in [0, 0.1) is 5.92 Å². The van der Waals surface area contributed by atoms with E-state index < -0.39 is 0 Å². The lowest BCUT2D eigenvalue weighted by atomic mass is 10.0. The number of ether oxygens (including phenoxy) is 1. The zero-order chi connectivity index (χ0) is 13.0. The Labute approximate surface area is 114 Å². The van der Waals surface area contributed by atoms with Crippen molar-refractivity contribution in [2.75, 3.05) is 32.6 Å². The molecule has 1 saturated heterocycles. The highest BCUT2D eigenvalue weighted by molar-refractivity contribution is 8.00. The van der Waals surface area contributed by atoms with Gasteiger partial charge in [-0.1, -0.05) is 6.92 Å². The smallest absolute Gasteiger partial charge is 0.227 e. The summed E-state index contributed by atoms with van der Waals surface area (Å²) in [5, 5.41) is 6.50. The Balaban J connectivity index is 1.76. The first kappa shape index (κ1) is 14.2. The van der Waals surface area contributed by atoms with Gasteiger partial charge in [0.15, 0.2) is 0 Å². The lowest BCUT2D eigenvalue weighted by Crippen LogP contribution is -2.45. The Bertz CT molecular complexity index is 295. The van der Waals surface area contributed by atoms with Crippen molar-refractivity contribution in [1.82, 2.24) is 10.6 Å². The molecule has 1 aliphatic carbocycles. The lowest BCUT2D eigenvalue weighted by Gasteiger charge is -2.20. The van der Waals surface area contributed by atoms with Crippen LogP contribution in [-0.2, 0) is 9.53 Å². The second-order valence-electron chi connectivity index (χ2n) is 5.31. The van der Waals surface area contributed by atoms with Gasteiger partial charge in [-0.25, -0.2) is 0 Å². The van der Waals surface area contributed by atoms with Crippen molar-refractivity contribution < 1.29 is 9.53 Å². The molecule has 0 aromatic carbocycles. The number of thioether (sulfide) groups is 1. The first-order valence-corrected chi connectivity index (χ1v) is 8.07. The first-order chi connectivity index (χ1) is 8.71. The number of hydrogen-bond acceptors (Lipinski definition) is 4. The summed E-state index contributed by atoms with van der Waals surface area (Å²) in [6, 6.07) is 0.189. The standard InChI is InChI=1S/C13H24N2O2S/c1-3-6-14-11-8-17-7-10(11)12(16)15-9-13(18-2)4-5-13/h10-11,14H,3-9H2,1-2H3,(H,15,16). The summed E-state index contributed by atoms with van der Waals surface area (Å²) < 4.78 is 5.77. The Hall–Kier alpha value is -0.260. The van der Waals surface area contributed by atoms with E-state index in [0.29, 0.717) is 18.0 Å². The summed E-state index contributed by atoms with van der Waals surface area (Å²) in [6.07, 6.45) is 5.67. The highest BCUT2D eigenvalue weighted by Gasteiger charge is 2.43. The first-order valence-electron chi connectivity index (χ1n) is 6.85. The number of amides is 1. The van der Waals surface area contributed by atoms with E-state index in [1.54, 1.807) is 0 Å². The SMILES string of the molecule is CCCNC1COCC1C(=O)NCC1(SC)CC1. The third-order valence-corrected chi connectivity index (χ3v) is 5.32. The van der Waals surface area contributed by atoms with Crippen LogP contribution in [0.5, 0.6) is 0 Å². The molecule has 2 aliphatic rings. The van der Waals surface area contributed by atoms with Crippen LogP contribution in [0.2, 0.25) is 0 Å². The summed E-state index contributed by atoms with van der Waals surface area (Å²) >= 11 is 1.88. The molecule has 1 heterocycles. The van der Waals surface area contributed by atoms with Gasteiger partial charge in [-0.2, -0.15) is 11.8 Å². The Kier molecular flexibility index (Phi) is 4.92. The molecule has 0 aromatic heterocycles. The second kappa shape index (κ2) is 6.26. The van der Waals surface area contributed by atoms with Gasteiger partial charge in [0.2, 0.25) is 5.91 Å². The van der Waals surface area contributed by atoms with Crippen LogP contribution < -0.4 is 10.6 Å². The van der Waals surface area contributed by atoms with Crippen molar-refractivity contribution in [1.29, 1.82) is 0 Å².